The highest BCUT2D eigenvalue weighted by Gasteiger charge is 2.38. The van der Waals surface area contributed by atoms with Crippen molar-refractivity contribution >= 4 is 28.6 Å². The van der Waals surface area contributed by atoms with Crippen molar-refractivity contribution in [3.63, 3.8) is 0 Å². The number of nitriles is 1. The number of nitrogens with one attached hydrogen (secondary N) is 1. The average molecular weight is 569 g/mol. The lowest BCUT2D eigenvalue weighted by atomic mass is 10.1. The van der Waals surface area contributed by atoms with Gasteiger partial charge in [0, 0.05) is 31.3 Å². The van der Waals surface area contributed by atoms with Crippen LogP contribution in [0.4, 0.5) is 13.2 Å². The van der Waals surface area contributed by atoms with E-state index in [9.17, 15) is 23.2 Å². The maximum atomic E-state index is 12.7. The van der Waals surface area contributed by atoms with E-state index in [1.54, 1.807) is 24.4 Å². The Hall–Kier alpha value is -3.67. The number of benzene rings is 1. The minimum atomic E-state index is -5.08. The van der Waals surface area contributed by atoms with Gasteiger partial charge in [-0.1, -0.05) is 11.6 Å². The molecule has 15 heteroatoms. The first-order valence-electron chi connectivity index (χ1n) is 11.9. The number of likely N-dealkylation sites (tertiary alicyclic amines) is 1. The monoisotopic (exact) mass is 568 g/mol. The molecule has 0 amide bonds. The molecular weight excluding hydrogens is 545 g/mol. The molecule has 0 radical (unpaired) electrons. The number of carboxylic acid groups (broad SMARTS) is 1. The second-order valence-corrected chi connectivity index (χ2v) is 9.48. The third kappa shape index (κ3) is 6.49. The number of carbonyl (C=O) groups is 1. The predicted octanol–water partition coefficient (Wildman–Crippen LogP) is 3.45. The van der Waals surface area contributed by atoms with Crippen LogP contribution in [0.25, 0.3) is 11.0 Å². The van der Waals surface area contributed by atoms with Gasteiger partial charge in [0.15, 0.2) is 5.65 Å². The lowest BCUT2D eigenvalue weighted by Crippen LogP contribution is -2.54. The van der Waals surface area contributed by atoms with Crippen molar-refractivity contribution in [1.29, 1.82) is 5.26 Å². The summed E-state index contributed by atoms with van der Waals surface area (Å²) in [6, 6.07) is 7.24. The van der Waals surface area contributed by atoms with Crippen molar-refractivity contribution in [2.45, 2.75) is 44.1 Å². The van der Waals surface area contributed by atoms with Crippen LogP contribution in [0.15, 0.2) is 29.2 Å². The summed E-state index contributed by atoms with van der Waals surface area (Å²) in [5.74, 6) is -1.62. The largest absolute Gasteiger partial charge is 0.490 e. The number of carboxylic acids is 1. The highest BCUT2D eigenvalue weighted by atomic mass is 35.5. The summed E-state index contributed by atoms with van der Waals surface area (Å²) in [6.07, 6.45) is -1.82. The maximum Gasteiger partial charge on any atom is 0.490 e. The van der Waals surface area contributed by atoms with Gasteiger partial charge >= 0.3 is 12.1 Å². The third-order valence-corrected chi connectivity index (χ3v) is 6.67. The minimum absolute atomic E-state index is 0.0473. The Balaban J connectivity index is 0.000000448. The lowest BCUT2D eigenvalue weighted by Gasteiger charge is -2.42. The first-order valence-corrected chi connectivity index (χ1v) is 12.3. The Kier molecular flexibility index (Phi) is 8.43. The molecule has 4 heterocycles. The van der Waals surface area contributed by atoms with E-state index in [0.717, 1.165) is 12.8 Å². The zero-order chi connectivity index (χ0) is 28.3. The summed E-state index contributed by atoms with van der Waals surface area (Å²) >= 11 is 5.96. The summed E-state index contributed by atoms with van der Waals surface area (Å²) in [4.78, 5) is 31.4. The van der Waals surface area contributed by atoms with E-state index >= 15 is 0 Å². The van der Waals surface area contributed by atoms with Crippen LogP contribution in [0, 0.1) is 11.3 Å². The number of hydrogen-bond donors (Lipinski definition) is 2. The molecule has 208 valence electrons. The Morgan fingerprint density at radius 2 is 2.00 bits per heavy atom. The van der Waals surface area contributed by atoms with E-state index < -0.39 is 12.1 Å². The first kappa shape index (κ1) is 28.3. The van der Waals surface area contributed by atoms with Gasteiger partial charge < -0.3 is 19.6 Å². The molecule has 2 aliphatic rings. The number of aromatic amines is 1. The molecular formula is C24H24ClF3N6O5. The molecule has 1 aromatic carbocycles. The molecule has 1 atom stereocenters. The number of rotatable bonds is 5. The minimum Gasteiger partial charge on any atom is -0.486 e. The number of ether oxygens (including phenoxy) is 2. The van der Waals surface area contributed by atoms with Crippen LogP contribution in [-0.2, 0) is 9.53 Å². The van der Waals surface area contributed by atoms with Gasteiger partial charge in [0.25, 0.3) is 5.56 Å². The van der Waals surface area contributed by atoms with Gasteiger partial charge in [0.05, 0.1) is 23.8 Å². The zero-order valence-corrected chi connectivity index (χ0v) is 21.4. The van der Waals surface area contributed by atoms with Gasteiger partial charge in [0.1, 0.15) is 29.1 Å². The predicted molar refractivity (Wildman–Crippen MR) is 132 cm³/mol. The number of hydrogen-bond acceptors (Lipinski definition) is 8. The molecule has 2 fully saturated rings. The SMILES string of the molecule is CC(c1nc2c(cnn2C2CCOCC2)c(=O)[nH]1)N1CC(Oc2ccc(Cl)cc2C#N)C1.O=C(O)C(F)(F)F. The van der Waals surface area contributed by atoms with Crippen LogP contribution in [0.3, 0.4) is 0 Å². The second-order valence-electron chi connectivity index (χ2n) is 9.05. The van der Waals surface area contributed by atoms with Crippen molar-refractivity contribution in [2.75, 3.05) is 26.3 Å². The van der Waals surface area contributed by atoms with Crippen molar-refractivity contribution < 1.29 is 32.5 Å². The van der Waals surface area contributed by atoms with Crippen LogP contribution < -0.4 is 10.3 Å². The summed E-state index contributed by atoms with van der Waals surface area (Å²) in [7, 11) is 0. The topological polar surface area (TPSA) is 146 Å². The molecule has 2 aromatic heterocycles. The highest BCUT2D eigenvalue weighted by Crippen LogP contribution is 2.29. The number of aliphatic carboxylic acids is 1. The van der Waals surface area contributed by atoms with Crippen LogP contribution in [-0.4, -0.2) is 74.3 Å². The smallest absolute Gasteiger partial charge is 0.486 e. The third-order valence-electron chi connectivity index (χ3n) is 6.44. The quantitative estimate of drug-likeness (QED) is 0.472. The van der Waals surface area contributed by atoms with Gasteiger partial charge in [0.2, 0.25) is 0 Å². The van der Waals surface area contributed by atoms with Crippen LogP contribution in [0.5, 0.6) is 5.75 Å². The number of H-pyrrole nitrogens is 1. The standard InChI is InChI=1S/C22H23ClN6O3.C2HF3O2/c1-13(28-11-17(12-28)32-19-3-2-15(23)8-14(19)9-24)20-26-21-18(22(30)27-20)10-25-29(21)16-4-6-31-7-5-16;3-2(4,5)1(6)7/h2-3,8,10,13,16-17H,4-7,11-12H2,1H3,(H,26,27,30);(H,6,7). The molecule has 3 aromatic rings. The Morgan fingerprint density at radius 1 is 1.33 bits per heavy atom. The normalized spacial score (nSPS) is 17.5. The molecule has 5 rings (SSSR count). The molecule has 11 nitrogen and oxygen atoms in total. The first-order chi connectivity index (χ1) is 18.5. The Bertz CT molecular complexity index is 1440. The number of fused-ring (bicyclic) bond motifs is 1. The van der Waals surface area contributed by atoms with Crippen LogP contribution in [0.1, 0.15) is 43.2 Å². The van der Waals surface area contributed by atoms with Crippen molar-refractivity contribution in [3.05, 3.63) is 51.2 Å². The molecule has 0 spiro atoms. The second kappa shape index (κ2) is 11.6. The number of aromatic nitrogens is 4. The molecule has 0 aliphatic carbocycles. The van der Waals surface area contributed by atoms with Gasteiger partial charge in [-0.25, -0.2) is 14.5 Å². The summed E-state index contributed by atoms with van der Waals surface area (Å²) < 4.78 is 45.0. The Labute approximate surface area is 224 Å². The number of halogens is 4. The molecule has 2 saturated heterocycles. The highest BCUT2D eigenvalue weighted by molar-refractivity contribution is 6.30. The van der Waals surface area contributed by atoms with Gasteiger partial charge in [-0.15, -0.1) is 0 Å². The van der Waals surface area contributed by atoms with Crippen molar-refractivity contribution in [3.8, 4) is 11.8 Å². The van der Waals surface area contributed by atoms with E-state index in [-0.39, 0.29) is 23.7 Å². The maximum absolute atomic E-state index is 12.7. The molecule has 1 unspecified atom stereocenters. The molecule has 39 heavy (non-hydrogen) atoms. The summed E-state index contributed by atoms with van der Waals surface area (Å²) in [6.45, 7) is 4.72. The van der Waals surface area contributed by atoms with E-state index in [1.807, 2.05) is 11.6 Å². The Morgan fingerprint density at radius 3 is 2.62 bits per heavy atom. The number of alkyl halides is 3. The molecule has 2 N–H and O–H groups in total. The average Bonchev–Trinajstić information content (AvgIpc) is 3.31. The van der Waals surface area contributed by atoms with Gasteiger partial charge in [-0.2, -0.15) is 23.5 Å². The van der Waals surface area contributed by atoms with E-state index in [4.69, 9.17) is 36.0 Å². The van der Waals surface area contributed by atoms with Crippen LogP contribution in [0.2, 0.25) is 5.02 Å². The summed E-state index contributed by atoms with van der Waals surface area (Å²) in [5, 5.41) is 21.9. The van der Waals surface area contributed by atoms with Crippen LogP contribution >= 0.6 is 11.6 Å². The molecule has 2 aliphatic heterocycles. The van der Waals surface area contributed by atoms with E-state index in [1.165, 1.54) is 0 Å². The number of nitrogens with zero attached hydrogens (tertiary/aromatic N) is 5. The fraction of sp³-hybridized carbons (Fsp3) is 0.458. The van der Waals surface area contributed by atoms with Gasteiger partial charge in [-0.05, 0) is 38.0 Å². The zero-order valence-electron chi connectivity index (χ0n) is 20.6. The fourth-order valence-electron chi connectivity index (χ4n) is 4.25. The lowest BCUT2D eigenvalue weighted by molar-refractivity contribution is -0.192. The molecule has 0 bridgehead atoms. The van der Waals surface area contributed by atoms with Crippen molar-refractivity contribution in [1.82, 2.24) is 24.6 Å². The fourth-order valence-corrected chi connectivity index (χ4v) is 4.43. The van der Waals surface area contributed by atoms with Gasteiger partial charge in [-0.3, -0.25) is 9.69 Å². The van der Waals surface area contributed by atoms with Crippen molar-refractivity contribution in [2.24, 2.45) is 0 Å². The summed E-state index contributed by atoms with van der Waals surface area (Å²) in [5.41, 5.74) is 0.862. The van der Waals surface area contributed by atoms with E-state index in [2.05, 4.69) is 21.1 Å². The molecule has 0 saturated carbocycles. The van der Waals surface area contributed by atoms with E-state index in [0.29, 0.717) is 59.5 Å².